The molecule has 2 atom stereocenters. The molecule has 2 heteroatoms. The van der Waals surface area contributed by atoms with Crippen molar-refractivity contribution < 1.29 is 0 Å². The standard InChI is InChI=1S/C12H22N2/c1-4-11-6-5-8-12(10-13,9-7-11)14(2)3/h11H,4-9H2,1-3H3. The maximum Gasteiger partial charge on any atom is 0.108 e. The lowest BCUT2D eigenvalue weighted by Gasteiger charge is -2.32. The van der Waals surface area contributed by atoms with Gasteiger partial charge in [-0.25, -0.2) is 0 Å². The fourth-order valence-electron chi connectivity index (χ4n) is 2.46. The molecular formula is C12H22N2. The molecule has 14 heavy (non-hydrogen) atoms. The number of rotatable bonds is 2. The zero-order chi connectivity index (χ0) is 10.6. The summed E-state index contributed by atoms with van der Waals surface area (Å²) in [5, 5.41) is 9.30. The normalized spacial score (nSPS) is 33.8. The van der Waals surface area contributed by atoms with Gasteiger partial charge >= 0.3 is 0 Å². The highest BCUT2D eigenvalue weighted by Crippen LogP contribution is 2.34. The van der Waals surface area contributed by atoms with Crippen molar-refractivity contribution in [2.45, 2.75) is 51.0 Å². The molecule has 0 aliphatic heterocycles. The van der Waals surface area contributed by atoms with Gasteiger partial charge in [-0.3, -0.25) is 4.90 Å². The van der Waals surface area contributed by atoms with E-state index in [2.05, 4.69) is 17.9 Å². The lowest BCUT2D eigenvalue weighted by atomic mass is 9.90. The number of nitrogens with zero attached hydrogens (tertiary/aromatic N) is 2. The summed E-state index contributed by atoms with van der Waals surface area (Å²) in [7, 11) is 4.07. The second kappa shape index (κ2) is 4.79. The minimum atomic E-state index is -0.177. The molecule has 80 valence electrons. The first-order valence-electron chi connectivity index (χ1n) is 5.73. The zero-order valence-electron chi connectivity index (χ0n) is 9.71. The molecule has 0 radical (unpaired) electrons. The van der Waals surface area contributed by atoms with E-state index >= 15 is 0 Å². The minimum Gasteiger partial charge on any atom is -0.292 e. The molecule has 0 aromatic heterocycles. The summed E-state index contributed by atoms with van der Waals surface area (Å²) < 4.78 is 0. The van der Waals surface area contributed by atoms with E-state index < -0.39 is 0 Å². The summed E-state index contributed by atoms with van der Waals surface area (Å²) in [5.74, 6) is 0.852. The van der Waals surface area contributed by atoms with Gasteiger partial charge in [0.25, 0.3) is 0 Å². The molecule has 2 unspecified atom stereocenters. The average molecular weight is 194 g/mol. The van der Waals surface area contributed by atoms with Gasteiger partial charge in [0.2, 0.25) is 0 Å². The highest BCUT2D eigenvalue weighted by molar-refractivity contribution is 5.07. The molecule has 0 aromatic carbocycles. The van der Waals surface area contributed by atoms with Crippen molar-refractivity contribution in [2.24, 2.45) is 5.92 Å². The Balaban J connectivity index is 2.68. The third-order valence-electron chi connectivity index (χ3n) is 3.81. The van der Waals surface area contributed by atoms with Crippen LogP contribution in [-0.2, 0) is 0 Å². The van der Waals surface area contributed by atoms with E-state index in [1.54, 1.807) is 0 Å². The number of hydrogen-bond donors (Lipinski definition) is 0. The summed E-state index contributed by atoms with van der Waals surface area (Å²) in [4.78, 5) is 2.12. The Bertz CT molecular complexity index is 217. The van der Waals surface area contributed by atoms with Crippen LogP contribution in [0.25, 0.3) is 0 Å². The third-order valence-corrected chi connectivity index (χ3v) is 3.81. The van der Waals surface area contributed by atoms with Crippen molar-refractivity contribution in [1.82, 2.24) is 4.90 Å². The van der Waals surface area contributed by atoms with Gasteiger partial charge in [-0.1, -0.05) is 26.2 Å². The van der Waals surface area contributed by atoms with Crippen molar-refractivity contribution in [1.29, 1.82) is 5.26 Å². The molecule has 1 aliphatic rings. The summed E-state index contributed by atoms with van der Waals surface area (Å²) in [6, 6.07) is 2.53. The van der Waals surface area contributed by atoms with Gasteiger partial charge in [0.15, 0.2) is 0 Å². The van der Waals surface area contributed by atoms with Crippen LogP contribution in [0.5, 0.6) is 0 Å². The Kier molecular flexibility index (Phi) is 3.95. The Labute approximate surface area is 87.9 Å². The third kappa shape index (κ3) is 2.27. The molecule has 0 amide bonds. The second-order valence-corrected chi connectivity index (χ2v) is 4.74. The fraction of sp³-hybridized carbons (Fsp3) is 0.917. The number of nitriles is 1. The fourth-order valence-corrected chi connectivity index (χ4v) is 2.46. The van der Waals surface area contributed by atoms with Crippen molar-refractivity contribution in [3.8, 4) is 6.07 Å². The monoisotopic (exact) mass is 194 g/mol. The topological polar surface area (TPSA) is 27.0 Å². The van der Waals surface area contributed by atoms with Crippen LogP contribution in [0.2, 0.25) is 0 Å². The van der Waals surface area contributed by atoms with Crippen LogP contribution in [0.15, 0.2) is 0 Å². The van der Waals surface area contributed by atoms with Crippen molar-refractivity contribution in [3.63, 3.8) is 0 Å². The largest absolute Gasteiger partial charge is 0.292 e. The predicted octanol–water partition coefficient (Wildman–Crippen LogP) is 2.80. The van der Waals surface area contributed by atoms with E-state index in [1.807, 2.05) is 14.1 Å². The van der Waals surface area contributed by atoms with Crippen molar-refractivity contribution in [2.75, 3.05) is 14.1 Å². The summed E-state index contributed by atoms with van der Waals surface area (Å²) in [6.07, 6.45) is 7.12. The minimum absolute atomic E-state index is 0.177. The van der Waals surface area contributed by atoms with Crippen LogP contribution < -0.4 is 0 Å². The van der Waals surface area contributed by atoms with Gasteiger partial charge in [-0.2, -0.15) is 5.26 Å². The van der Waals surface area contributed by atoms with Gasteiger partial charge < -0.3 is 0 Å². The molecule has 1 rings (SSSR count). The van der Waals surface area contributed by atoms with Crippen LogP contribution in [0.1, 0.15) is 45.4 Å². The molecule has 0 N–H and O–H groups in total. The predicted molar refractivity (Wildman–Crippen MR) is 58.9 cm³/mol. The summed E-state index contributed by atoms with van der Waals surface area (Å²) in [5.41, 5.74) is -0.177. The molecule has 1 saturated carbocycles. The first-order chi connectivity index (χ1) is 6.64. The molecule has 0 saturated heterocycles. The molecule has 1 fully saturated rings. The highest BCUT2D eigenvalue weighted by atomic mass is 15.1. The first kappa shape index (κ1) is 11.5. The van der Waals surface area contributed by atoms with Crippen LogP contribution >= 0.6 is 0 Å². The smallest absolute Gasteiger partial charge is 0.108 e. The summed E-state index contributed by atoms with van der Waals surface area (Å²) in [6.45, 7) is 2.26. The van der Waals surface area contributed by atoms with E-state index in [-0.39, 0.29) is 5.54 Å². The Morgan fingerprint density at radius 1 is 1.36 bits per heavy atom. The quantitative estimate of drug-likeness (QED) is 0.632. The molecule has 0 spiro atoms. The van der Waals surface area contributed by atoms with Crippen molar-refractivity contribution in [3.05, 3.63) is 0 Å². The van der Waals surface area contributed by atoms with E-state index in [4.69, 9.17) is 0 Å². The van der Waals surface area contributed by atoms with E-state index in [9.17, 15) is 5.26 Å². The van der Waals surface area contributed by atoms with Crippen LogP contribution in [0, 0.1) is 17.2 Å². The number of hydrogen-bond acceptors (Lipinski definition) is 2. The van der Waals surface area contributed by atoms with Gasteiger partial charge in [0, 0.05) is 0 Å². The van der Waals surface area contributed by atoms with Gasteiger partial charge in [0.1, 0.15) is 5.54 Å². The lowest BCUT2D eigenvalue weighted by Crippen LogP contribution is -2.42. The summed E-state index contributed by atoms with van der Waals surface area (Å²) >= 11 is 0. The maximum atomic E-state index is 9.30. The Morgan fingerprint density at radius 2 is 2.07 bits per heavy atom. The first-order valence-corrected chi connectivity index (χ1v) is 5.73. The van der Waals surface area contributed by atoms with Crippen LogP contribution in [0.4, 0.5) is 0 Å². The van der Waals surface area contributed by atoms with Gasteiger partial charge in [0.05, 0.1) is 6.07 Å². The molecule has 0 aromatic rings. The van der Waals surface area contributed by atoms with E-state index in [0.29, 0.717) is 0 Å². The van der Waals surface area contributed by atoms with Gasteiger partial charge in [-0.15, -0.1) is 0 Å². The zero-order valence-corrected chi connectivity index (χ0v) is 9.71. The van der Waals surface area contributed by atoms with E-state index in [1.165, 1.54) is 25.7 Å². The maximum absolute atomic E-state index is 9.30. The highest BCUT2D eigenvalue weighted by Gasteiger charge is 2.34. The lowest BCUT2D eigenvalue weighted by molar-refractivity contribution is 0.189. The second-order valence-electron chi connectivity index (χ2n) is 4.74. The van der Waals surface area contributed by atoms with Crippen molar-refractivity contribution >= 4 is 0 Å². The molecule has 1 aliphatic carbocycles. The van der Waals surface area contributed by atoms with E-state index in [0.717, 1.165) is 18.8 Å². The van der Waals surface area contributed by atoms with Crippen LogP contribution in [-0.4, -0.2) is 24.5 Å². The Hall–Kier alpha value is -0.550. The molecule has 0 heterocycles. The van der Waals surface area contributed by atoms with Gasteiger partial charge in [-0.05, 0) is 39.3 Å². The van der Waals surface area contributed by atoms with Crippen LogP contribution in [0.3, 0.4) is 0 Å². The Morgan fingerprint density at radius 3 is 2.57 bits per heavy atom. The average Bonchev–Trinajstić information content (AvgIpc) is 2.40. The molecule has 0 bridgehead atoms. The SMILES string of the molecule is CCC1CCCC(C#N)(N(C)C)CC1. The molecular weight excluding hydrogens is 172 g/mol. The molecule has 2 nitrogen and oxygen atoms in total.